The van der Waals surface area contributed by atoms with E-state index < -0.39 is 0 Å². The number of benzene rings is 2. The number of hydrogen-bond donors (Lipinski definition) is 3. The zero-order chi connectivity index (χ0) is 23.8. The van der Waals surface area contributed by atoms with Gasteiger partial charge in [-0.1, -0.05) is 31.0 Å². The molecule has 1 saturated carbocycles. The number of piperidine rings is 1. The number of hydrogen-bond acceptors (Lipinski definition) is 6. The first-order valence-corrected chi connectivity index (χ1v) is 12.5. The molecule has 0 spiro atoms. The molecule has 1 saturated heterocycles. The van der Waals surface area contributed by atoms with Crippen LogP contribution in [-0.2, 0) is 0 Å². The summed E-state index contributed by atoms with van der Waals surface area (Å²) in [6.45, 7) is 1.73. The molecule has 2 aromatic carbocycles. The van der Waals surface area contributed by atoms with Crippen LogP contribution in [0.5, 0.6) is 0 Å². The highest BCUT2D eigenvalue weighted by Gasteiger charge is 2.33. The van der Waals surface area contributed by atoms with Gasteiger partial charge >= 0.3 is 6.03 Å². The summed E-state index contributed by atoms with van der Waals surface area (Å²) >= 11 is 0. The Morgan fingerprint density at radius 1 is 0.971 bits per heavy atom. The maximum atomic E-state index is 13.2. The van der Waals surface area contributed by atoms with Gasteiger partial charge in [-0.3, -0.25) is 4.90 Å². The van der Waals surface area contributed by atoms with Gasteiger partial charge in [0.25, 0.3) is 0 Å². The van der Waals surface area contributed by atoms with E-state index in [1.165, 1.54) is 0 Å². The summed E-state index contributed by atoms with van der Waals surface area (Å²) in [6, 6.07) is 16.3. The lowest BCUT2D eigenvalue weighted by Crippen LogP contribution is -2.41. The van der Waals surface area contributed by atoms with Crippen molar-refractivity contribution in [2.75, 3.05) is 33.5 Å². The molecule has 3 aromatic rings. The largest absolute Gasteiger partial charge is 0.393 e. The van der Waals surface area contributed by atoms with Crippen LogP contribution in [0.1, 0.15) is 38.5 Å². The highest BCUT2D eigenvalue weighted by molar-refractivity contribution is 6.09. The molecule has 35 heavy (non-hydrogen) atoms. The highest BCUT2D eigenvalue weighted by Crippen LogP contribution is 2.40. The van der Waals surface area contributed by atoms with Crippen LogP contribution in [0.3, 0.4) is 0 Å². The van der Waals surface area contributed by atoms with E-state index in [1.807, 2.05) is 41.3 Å². The molecule has 1 aromatic heterocycles. The molecule has 6 rings (SSSR count). The Morgan fingerprint density at radius 3 is 2.49 bits per heavy atom. The van der Waals surface area contributed by atoms with Crippen molar-refractivity contribution in [3.05, 3.63) is 54.7 Å². The summed E-state index contributed by atoms with van der Waals surface area (Å²) < 4.78 is 0. The number of aliphatic hydroxyl groups is 1. The molecular formula is C27H30N6O2. The molecule has 8 nitrogen and oxygen atoms in total. The number of aromatic nitrogens is 2. The molecule has 1 aliphatic carbocycles. The van der Waals surface area contributed by atoms with E-state index in [0.29, 0.717) is 11.6 Å². The normalized spacial score (nSPS) is 18.6. The van der Waals surface area contributed by atoms with Gasteiger partial charge in [-0.2, -0.15) is 0 Å². The van der Waals surface area contributed by atoms with Crippen LogP contribution in [-0.4, -0.2) is 46.3 Å². The van der Waals surface area contributed by atoms with Crippen LogP contribution in [0, 0.1) is 0 Å². The summed E-state index contributed by atoms with van der Waals surface area (Å²) in [4.78, 5) is 26.7. The predicted molar refractivity (Wildman–Crippen MR) is 138 cm³/mol. The molecule has 0 bridgehead atoms. The summed E-state index contributed by atoms with van der Waals surface area (Å²) in [6.07, 6.45) is 7.45. The van der Waals surface area contributed by atoms with Gasteiger partial charge in [0.2, 0.25) is 5.95 Å². The van der Waals surface area contributed by atoms with Gasteiger partial charge in [0.1, 0.15) is 5.69 Å². The van der Waals surface area contributed by atoms with Crippen LogP contribution in [0.4, 0.5) is 33.5 Å². The number of carbonyl (C=O) groups is 1. The molecule has 180 valence electrons. The second kappa shape index (κ2) is 9.19. The first kappa shape index (κ1) is 21.9. The van der Waals surface area contributed by atoms with Crippen molar-refractivity contribution in [1.29, 1.82) is 0 Å². The number of carbonyl (C=O) groups excluding carboxylic acids is 1. The quantitative estimate of drug-likeness (QED) is 0.489. The van der Waals surface area contributed by atoms with E-state index in [4.69, 9.17) is 4.98 Å². The second-order valence-corrected chi connectivity index (χ2v) is 9.60. The first-order chi connectivity index (χ1) is 17.2. The van der Waals surface area contributed by atoms with Gasteiger partial charge in [-0.25, -0.2) is 14.8 Å². The minimum absolute atomic E-state index is 0.117. The third-order valence-corrected chi connectivity index (χ3v) is 7.31. The Balaban J connectivity index is 1.27. The third kappa shape index (κ3) is 4.30. The molecule has 0 unspecified atom stereocenters. The van der Waals surface area contributed by atoms with Crippen molar-refractivity contribution in [1.82, 2.24) is 9.97 Å². The Kier molecular flexibility index (Phi) is 5.74. The van der Waals surface area contributed by atoms with Gasteiger partial charge < -0.3 is 20.6 Å². The fraction of sp³-hybridized carbons (Fsp3) is 0.370. The maximum absolute atomic E-state index is 13.2. The number of anilines is 5. The molecule has 3 heterocycles. The minimum Gasteiger partial charge on any atom is -0.393 e. The molecule has 2 aliphatic heterocycles. The van der Waals surface area contributed by atoms with Gasteiger partial charge in [0.15, 0.2) is 0 Å². The summed E-state index contributed by atoms with van der Waals surface area (Å²) in [5, 5.41) is 16.1. The Bertz CT molecular complexity index is 1220. The van der Waals surface area contributed by atoms with Crippen molar-refractivity contribution in [2.24, 2.45) is 0 Å². The molecule has 3 aliphatic rings. The van der Waals surface area contributed by atoms with E-state index >= 15 is 0 Å². The Labute approximate surface area is 205 Å². The monoisotopic (exact) mass is 470 g/mol. The van der Waals surface area contributed by atoms with E-state index in [2.05, 4.69) is 32.7 Å². The van der Waals surface area contributed by atoms with Crippen LogP contribution in [0.15, 0.2) is 54.7 Å². The van der Waals surface area contributed by atoms with Crippen molar-refractivity contribution in [3.8, 4) is 11.3 Å². The van der Waals surface area contributed by atoms with Crippen LogP contribution < -0.4 is 20.4 Å². The fourth-order valence-electron chi connectivity index (χ4n) is 5.44. The van der Waals surface area contributed by atoms with Crippen molar-refractivity contribution in [2.45, 2.75) is 50.7 Å². The number of aliphatic hydroxyl groups excluding tert-OH is 1. The zero-order valence-corrected chi connectivity index (χ0v) is 19.7. The number of rotatable bonds is 4. The van der Waals surface area contributed by atoms with E-state index in [1.54, 1.807) is 6.20 Å². The molecule has 2 amide bonds. The first-order valence-electron chi connectivity index (χ1n) is 12.5. The lowest BCUT2D eigenvalue weighted by Gasteiger charge is -2.31. The maximum Gasteiger partial charge on any atom is 0.326 e. The topological polar surface area (TPSA) is 93.6 Å². The second-order valence-electron chi connectivity index (χ2n) is 9.60. The molecular weight excluding hydrogens is 440 g/mol. The lowest BCUT2D eigenvalue weighted by atomic mass is 10.1. The number of nitrogens with zero attached hydrogens (tertiary/aromatic N) is 4. The average Bonchev–Trinajstić information content (AvgIpc) is 3.37. The van der Waals surface area contributed by atoms with Crippen molar-refractivity contribution < 1.29 is 9.90 Å². The number of fused-ring (bicyclic) bond motifs is 3. The van der Waals surface area contributed by atoms with Crippen LogP contribution in [0.2, 0.25) is 0 Å². The lowest BCUT2D eigenvalue weighted by molar-refractivity contribution is 0.145. The van der Waals surface area contributed by atoms with Crippen molar-refractivity contribution >= 4 is 34.7 Å². The standard InChI is InChI=1S/C27H30N6O2/c34-21-13-15-32(16-14-21)19-11-9-18(10-12-19)29-26-28-17-23-25(31-26)22-7-3-4-8-24(22)33(27(35)30-23)20-5-1-2-6-20/h3-4,7-12,17,20-21,34H,1-2,5-6,13-16H2,(H,30,35)(H,28,29,31). The fourth-order valence-corrected chi connectivity index (χ4v) is 5.44. The third-order valence-electron chi connectivity index (χ3n) is 7.31. The number of urea groups is 1. The van der Waals surface area contributed by atoms with Crippen LogP contribution >= 0.6 is 0 Å². The smallest absolute Gasteiger partial charge is 0.326 e. The number of amides is 2. The molecule has 8 heteroatoms. The Morgan fingerprint density at radius 2 is 1.71 bits per heavy atom. The number of para-hydroxylation sites is 1. The van der Waals surface area contributed by atoms with E-state index in [9.17, 15) is 9.90 Å². The van der Waals surface area contributed by atoms with Crippen molar-refractivity contribution in [3.63, 3.8) is 0 Å². The zero-order valence-electron chi connectivity index (χ0n) is 19.7. The molecule has 0 atom stereocenters. The van der Waals surface area contributed by atoms with Gasteiger partial charge in [-0.15, -0.1) is 0 Å². The van der Waals surface area contributed by atoms with E-state index in [0.717, 1.165) is 79.9 Å². The average molecular weight is 471 g/mol. The summed E-state index contributed by atoms with van der Waals surface area (Å²) in [7, 11) is 0. The predicted octanol–water partition coefficient (Wildman–Crippen LogP) is 5.14. The highest BCUT2D eigenvalue weighted by atomic mass is 16.3. The Hall–Kier alpha value is -3.65. The van der Waals surface area contributed by atoms with E-state index in [-0.39, 0.29) is 18.2 Å². The molecule has 2 fully saturated rings. The van der Waals surface area contributed by atoms with Gasteiger partial charge in [-0.05, 0) is 56.0 Å². The number of nitrogens with one attached hydrogen (secondary N) is 2. The molecule has 0 radical (unpaired) electrons. The SMILES string of the molecule is O=C1Nc2cnc(Nc3ccc(N4CCC(O)CC4)cc3)nc2-c2ccccc2N1C1CCCC1. The van der Waals surface area contributed by atoms with Gasteiger partial charge in [0.05, 0.1) is 23.7 Å². The van der Waals surface area contributed by atoms with Gasteiger partial charge in [0, 0.05) is 36.1 Å². The minimum atomic E-state index is -0.183. The summed E-state index contributed by atoms with van der Waals surface area (Å²) in [5.41, 5.74) is 5.21. The van der Waals surface area contributed by atoms with Crippen LogP contribution in [0.25, 0.3) is 11.3 Å². The molecule has 3 N–H and O–H groups in total. The summed E-state index contributed by atoms with van der Waals surface area (Å²) in [5.74, 6) is 0.482.